The van der Waals surface area contributed by atoms with Crippen molar-refractivity contribution in [3.63, 3.8) is 0 Å². The SMILES string of the molecule is Cc1nc2c(-c3cncc(-c4ccc(N5CCCC5=O)cc4)c3)c(C)[nH]n2c(=O)c1CCO. The standard InChI is InChI=1S/C25H25N5O3/c1-15-21(9-11-31)25(33)30-24(27-15)23(16(2)28-30)19-12-18(13-26-14-19)17-5-7-20(8-6-17)29-10-3-4-22(29)32/h5-8,12-14,28,31H,3-4,9-11H2,1-2H3. The van der Waals surface area contributed by atoms with Crippen molar-refractivity contribution < 1.29 is 9.90 Å². The van der Waals surface area contributed by atoms with E-state index in [-0.39, 0.29) is 24.5 Å². The fourth-order valence-corrected chi connectivity index (χ4v) is 4.56. The lowest BCUT2D eigenvalue weighted by Gasteiger charge is -2.16. The lowest BCUT2D eigenvalue weighted by molar-refractivity contribution is -0.117. The summed E-state index contributed by atoms with van der Waals surface area (Å²) in [5, 5.41) is 12.4. The topological polar surface area (TPSA) is 104 Å². The summed E-state index contributed by atoms with van der Waals surface area (Å²) in [6.07, 6.45) is 5.34. The van der Waals surface area contributed by atoms with Crippen LogP contribution in [0.1, 0.15) is 29.8 Å². The molecule has 1 aliphatic heterocycles. The van der Waals surface area contributed by atoms with Gasteiger partial charge in [-0.05, 0) is 44.0 Å². The molecule has 4 aromatic rings. The molecule has 1 amide bonds. The number of aryl methyl sites for hydroxylation is 2. The summed E-state index contributed by atoms with van der Waals surface area (Å²) in [4.78, 5) is 35.9. The molecule has 0 atom stereocenters. The van der Waals surface area contributed by atoms with Crippen LogP contribution in [0.2, 0.25) is 0 Å². The molecule has 1 fully saturated rings. The molecule has 1 aromatic carbocycles. The van der Waals surface area contributed by atoms with Crippen LogP contribution < -0.4 is 10.5 Å². The minimum atomic E-state index is -0.197. The maximum absolute atomic E-state index is 12.9. The van der Waals surface area contributed by atoms with Crippen molar-refractivity contribution in [2.75, 3.05) is 18.1 Å². The zero-order chi connectivity index (χ0) is 23.1. The van der Waals surface area contributed by atoms with Crippen LogP contribution in [0.25, 0.3) is 27.9 Å². The van der Waals surface area contributed by atoms with Crippen molar-refractivity contribution in [2.45, 2.75) is 33.1 Å². The zero-order valence-electron chi connectivity index (χ0n) is 18.6. The minimum Gasteiger partial charge on any atom is -0.396 e. The highest BCUT2D eigenvalue weighted by Crippen LogP contribution is 2.31. The number of rotatable bonds is 5. The number of benzene rings is 1. The van der Waals surface area contributed by atoms with Crippen molar-refractivity contribution in [1.29, 1.82) is 0 Å². The molecule has 0 unspecified atom stereocenters. The third kappa shape index (κ3) is 3.62. The van der Waals surface area contributed by atoms with Gasteiger partial charge in [-0.15, -0.1) is 0 Å². The van der Waals surface area contributed by atoms with Gasteiger partial charge in [0, 0.05) is 77.7 Å². The molecule has 8 nitrogen and oxygen atoms in total. The van der Waals surface area contributed by atoms with Gasteiger partial charge in [-0.25, -0.2) is 9.50 Å². The average Bonchev–Trinajstić information content (AvgIpc) is 3.39. The number of fused-ring (bicyclic) bond motifs is 1. The number of anilines is 1. The smallest absolute Gasteiger partial charge is 0.276 e. The van der Waals surface area contributed by atoms with Crippen LogP contribution in [0.5, 0.6) is 0 Å². The van der Waals surface area contributed by atoms with E-state index in [2.05, 4.69) is 15.1 Å². The first-order valence-corrected chi connectivity index (χ1v) is 11.1. The van der Waals surface area contributed by atoms with Crippen molar-refractivity contribution in [2.24, 2.45) is 0 Å². The fraction of sp³-hybridized carbons (Fsp3) is 0.280. The van der Waals surface area contributed by atoms with Crippen molar-refractivity contribution >= 4 is 17.2 Å². The van der Waals surface area contributed by atoms with E-state index >= 15 is 0 Å². The number of carbonyl (C=O) groups excluding carboxylic acids is 1. The predicted octanol–water partition coefficient (Wildman–Crippen LogP) is 3.03. The molecule has 33 heavy (non-hydrogen) atoms. The van der Waals surface area contributed by atoms with E-state index in [9.17, 15) is 14.7 Å². The molecular weight excluding hydrogens is 418 g/mol. The Kier molecular flexibility index (Phi) is 5.30. The Balaban J connectivity index is 1.55. The molecule has 168 valence electrons. The first-order chi connectivity index (χ1) is 16.0. The van der Waals surface area contributed by atoms with Crippen LogP contribution in [0.15, 0.2) is 47.5 Å². The number of aromatic amines is 1. The highest BCUT2D eigenvalue weighted by molar-refractivity contribution is 5.95. The van der Waals surface area contributed by atoms with Crippen molar-refractivity contribution in [3.8, 4) is 22.3 Å². The van der Waals surface area contributed by atoms with Crippen LogP contribution in [-0.2, 0) is 11.2 Å². The Morgan fingerprint density at radius 3 is 2.52 bits per heavy atom. The van der Waals surface area contributed by atoms with Crippen LogP contribution in [0.3, 0.4) is 0 Å². The van der Waals surface area contributed by atoms with Crippen LogP contribution >= 0.6 is 0 Å². The molecule has 5 rings (SSSR count). The summed E-state index contributed by atoms with van der Waals surface area (Å²) in [6, 6.07) is 9.96. The van der Waals surface area contributed by atoms with Gasteiger partial charge in [0.1, 0.15) is 0 Å². The third-order valence-corrected chi connectivity index (χ3v) is 6.24. The molecule has 8 heteroatoms. The summed E-state index contributed by atoms with van der Waals surface area (Å²) >= 11 is 0. The highest BCUT2D eigenvalue weighted by Gasteiger charge is 2.22. The Bertz CT molecular complexity index is 1420. The van der Waals surface area contributed by atoms with Gasteiger partial charge in [0.15, 0.2) is 5.65 Å². The van der Waals surface area contributed by atoms with E-state index in [1.54, 1.807) is 19.3 Å². The second-order valence-corrected chi connectivity index (χ2v) is 8.38. The Morgan fingerprint density at radius 2 is 1.82 bits per heavy atom. The van der Waals surface area contributed by atoms with Gasteiger partial charge < -0.3 is 10.0 Å². The maximum atomic E-state index is 12.9. The summed E-state index contributed by atoms with van der Waals surface area (Å²) in [6.45, 7) is 4.35. The quantitative estimate of drug-likeness (QED) is 0.494. The van der Waals surface area contributed by atoms with Gasteiger partial charge >= 0.3 is 0 Å². The number of carbonyl (C=O) groups is 1. The number of aliphatic hydroxyl groups is 1. The van der Waals surface area contributed by atoms with Crippen LogP contribution in [0.4, 0.5) is 5.69 Å². The molecule has 0 radical (unpaired) electrons. The third-order valence-electron chi connectivity index (χ3n) is 6.24. The maximum Gasteiger partial charge on any atom is 0.276 e. The average molecular weight is 444 g/mol. The number of H-pyrrole nitrogens is 1. The number of amides is 1. The monoisotopic (exact) mass is 443 g/mol. The molecule has 0 aliphatic carbocycles. The van der Waals surface area contributed by atoms with Crippen molar-refractivity contribution in [3.05, 3.63) is 70.0 Å². The lowest BCUT2D eigenvalue weighted by atomic mass is 10.0. The lowest BCUT2D eigenvalue weighted by Crippen LogP contribution is -2.23. The fourth-order valence-electron chi connectivity index (χ4n) is 4.56. The predicted molar refractivity (Wildman–Crippen MR) is 126 cm³/mol. The van der Waals surface area contributed by atoms with Gasteiger partial charge in [-0.2, -0.15) is 0 Å². The molecule has 0 spiro atoms. The summed E-state index contributed by atoms with van der Waals surface area (Å²) in [7, 11) is 0. The zero-order valence-corrected chi connectivity index (χ0v) is 18.6. The van der Waals surface area contributed by atoms with E-state index in [1.165, 1.54) is 4.52 Å². The number of nitrogens with one attached hydrogen (secondary N) is 1. The van der Waals surface area contributed by atoms with Gasteiger partial charge in [0.05, 0.1) is 0 Å². The second-order valence-electron chi connectivity index (χ2n) is 8.38. The number of nitrogens with zero attached hydrogens (tertiary/aromatic N) is 4. The van der Waals surface area contributed by atoms with Gasteiger partial charge in [-0.3, -0.25) is 19.7 Å². The largest absolute Gasteiger partial charge is 0.396 e. The number of aliphatic hydroxyl groups excluding tert-OH is 1. The Labute approximate surface area is 190 Å². The second kappa shape index (κ2) is 8.29. The van der Waals surface area contributed by atoms with Crippen molar-refractivity contribution in [1.82, 2.24) is 19.6 Å². The van der Waals surface area contributed by atoms with E-state index in [0.29, 0.717) is 23.3 Å². The van der Waals surface area contributed by atoms with E-state index in [4.69, 9.17) is 0 Å². The molecule has 0 saturated carbocycles. The summed E-state index contributed by atoms with van der Waals surface area (Å²) in [5.74, 6) is 0.168. The first-order valence-electron chi connectivity index (χ1n) is 11.1. The van der Waals surface area contributed by atoms with E-state index in [0.717, 1.165) is 46.6 Å². The highest BCUT2D eigenvalue weighted by atomic mass is 16.3. The Morgan fingerprint density at radius 1 is 1.06 bits per heavy atom. The normalized spacial score (nSPS) is 13.9. The number of hydrogen-bond acceptors (Lipinski definition) is 5. The van der Waals surface area contributed by atoms with Crippen LogP contribution in [-0.4, -0.2) is 43.7 Å². The molecule has 1 saturated heterocycles. The first kappa shape index (κ1) is 21.1. The van der Waals surface area contributed by atoms with Crippen LogP contribution in [0, 0.1) is 13.8 Å². The van der Waals surface area contributed by atoms with Gasteiger partial charge in [-0.1, -0.05) is 12.1 Å². The summed E-state index contributed by atoms with van der Waals surface area (Å²) < 4.78 is 1.44. The Hall–Kier alpha value is -3.78. The molecule has 4 heterocycles. The molecular formula is C25H25N5O3. The molecule has 0 bridgehead atoms. The van der Waals surface area contributed by atoms with Gasteiger partial charge in [0.25, 0.3) is 5.56 Å². The number of aromatic nitrogens is 4. The minimum absolute atomic E-state index is 0.104. The van der Waals surface area contributed by atoms with E-state index < -0.39 is 0 Å². The summed E-state index contributed by atoms with van der Waals surface area (Å²) in [5.41, 5.74) is 6.78. The molecule has 3 aromatic heterocycles. The number of pyridine rings is 1. The molecule has 1 aliphatic rings. The van der Waals surface area contributed by atoms with Gasteiger partial charge in [0.2, 0.25) is 5.91 Å². The van der Waals surface area contributed by atoms with E-state index in [1.807, 2.05) is 42.2 Å². The molecule has 2 N–H and O–H groups in total. The number of hydrogen-bond donors (Lipinski definition) is 2.